The van der Waals surface area contributed by atoms with Gasteiger partial charge >= 0.3 is 5.97 Å². The summed E-state index contributed by atoms with van der Waals surface area (Å²) in [6.07, 6.45) is 3.02. The lowest BCUT2D eigenvalue weighted by atomic mass is 10.0. The smallest absolute Gasteiger partial charge is 0.328 e. The van der Waals surface area contributed by atoms with Crippen LogP contribution in [-0.4, -0.2) is 53.0 Å². The van der Waals surface area contributed by atoms with Crippen LogP contribution < -0.4 is 5.11 Å². The van der Waals surface area contributed by atoms with E-state index in [9.17, 15) is 9.90 Å². The summed E-state index contributed by atoms with van der Waals surface area (Å²) in [4.78, 5) is 20.2. The Hall–Kier alpha value is -4.17. The van der Waals surface area contributed by atoms with E-state index in [2.05, 4.69) is 58.8 Å². The maximum atomic E-state index is 12.3. The topological polar surface area (TPSA) is 88.8 Å². The Labute approximate surface area is 235 Å². The average molecular weight is 541 g/mol. The van der Waals surface area contributed by atoms with Crippen LogP contribution >= 0.6 is 0 Å². The Morgan fingerprint density at radius 2 is 1.90 bits per heavy atom. The fraction of sp³-hybridized carbons (Fsp3) is 0.344. The van der Waals surface area contributed by atoms with Crippen LogP contribution in [0.1, 0.15) is 33.6 Å². The molecule has 5 rings (SSSR count). The van der Waals surface area contributed by atoms with Crippen molar-refractivity contribution >= 4 is 23.0 Å². The number of carbonyl (C=O) groups excluding carboxylic acids is 1. The molecule has 0 radical (unpaired) electrons. The number of quaternary nitrogens is 1. The van der Waals surface area contributed by atoms with Gasteiger partial charge < -0.3 is 23.6 Å². The van der Waals surface area contributed by atoms with Gasteiger partial charge in [-0.3, -0.25) is 14.8 Å². The zero-order valence-electron chi connectivity index (χ0n) is 23.4. The monoisotopic (exact) mass is 540 g/mol. The van der Waals surface area contributed by atoms with Gasteiger partial charge in [0.05, 0.1) is 13.6 Å². The van der Waals surface area contributed by atoms with E-state index in [1.54, 1.807) is 0 Å². The van der Waals surface area contributed by atoms with Crippen molar-refractivity contribution < 1.29 is 23.9 Å². The van der Waals surface area contributed by atoms with E-state index >= 15 is 0 Å². The lowest BCUT2D eigenvalue weighted by Gasteiger charge is -2.40. The summed E-state index contributed by atoms with van der Waals surface area (Å²) in [5, 5.41) is 13.6. The number of nitrogens with zero attached hydrogens (tertiary/aromatic N) is 4. The normalized spacial score (nSPS) is 17.0. The minimum atomic E-state index is -0.744. The van der Waals surface area contributed by atoms with E-state index in [-0.39, 0.29) is 19.9 Å². The summed E-state index contributed by atoms with van der Waals surface area (Å²) in [6, 6.07) is 20.2. The molecular weight excluding hydrogens is 504 g/mol. The first-order valence-electron chi connectivity index (χ1n) is 13.7. The quantitative estimate of drug-likeness (QED) is 0.139. The van der Waals surface area contributed by atoms with Gasteiger partial charge in [-0.2, -0.15) is 0 Å². The molecule has 8 heteroatoms. The molecule has 0 N–H and O–H groups in total. The highest BCUT2D eigenvalue weighted by atomic mass is 16.6. The summed E-state index contributed by atoms with van der Waals surface area (Å²) < 4.78 is 13.7. The van der Waals surface area contributed by atoms with Gasteiger partial charge in [0.1, 0.15) is 32.5 Å². The summed E-state index contributed by atoms with van der Waals surface area (Å²) in [6.45, 7) is 6.57. The van der Waals surface area contributed by atoms with Gasteiger partial charge in [-0.1, -0.05) is 48.0 Å². The number of carbonyl (C=O) groups is 1. The van der Waals surface area contributed by atoms with Gasteiger partial charge in [-0.15, -0.1) is 0 Å². The fourth-order valence-electron chi connectivity index (χ4n) is 5.31. The second-order valence-corrected chi connectivity index (χ2v) is 10.9. The predicted octanol–water partition coefficient (Wildman–Crippen LogP) is 3.83. The maximum Gasteiger partial charge on any atom is 0.328 e. The second kappa shape index (κ2) is 11.9. The molecule has 1 atom stereocenters. The van der Waals surface area contributed by atoms with Crippen LogP contribution in [0.25, 0.3) is 10.9 Å². The molecule has 8 nitrogen and oxygen atoms in total. The Morgan fingerprint density at radius 1 is 1.07 bits per heavy atom. The third-order valence-corrected chi connectivity index (χ3v) is 7.55. The molecule has 0 bridgehead atoms. The first kappa shape index (κ1) is 27.4. The lowest BCUT2D eigenvalue weighted by Crippen LogP contribution is -2.50. The zero-order chi connectivity index (χ0) is 28.1. The molecule has 4 aromatic rings. The zero-order valence-corrected chi connectivity index (χ0v) is 23.4. The number of ether oxygens (including phenoxy) is 2. The molecule has 3 heterocycles. The third-order valence-electron chi connectivity index (χ3n) is 7.55. The molecular formula is C32H36N4O4. The summed E-state index contributed by atoms with van der Waals surface area (Å²) in [5.74, 6) is -0.562. The Bertz CT molecular complexity index is 1510. The number of aryl methyl sites for hydroxylation is 4. The number of fused-ring (bicyclic) bond motifs is 3. The Kier molecular flexibility index (Phi) is 8.16. The lowest BCUT2D eigenvalue weighted by molar-refractivity contribution is -0.940. The number of aliphatic imine (C=N–C) groups is 1. The van der Waals surface area contributed by atoms with Crippen molar-refractivity contribution in [3.05, 3.63) is 101 Å². The highest BCUT2D eigenvalue weighted by Gasteiger charge is 2.32. The van der Waals surface area contributed by atoms with Gasteiger partial charge in [0, 0.05) is 47.0 Å². The van der Waals surface area contributed by atoms with Gasteiger partial charge in [-0.05, 0) is 49.6 Å². The van der Waals surface area contributed by atoms with E-state index in [4.69, 9.17) is 9.47 Å². The molecule has 40 heavy (non-hydrogen) atoms. The van der Waals surface area contributed by atoms with Crippen molar-refractivity contribution in [2.24, 2.45) is 4.99 Å². The van der Waals surface area contributed by atoms with E-state index < -0.39 is 12.1 Å². The van der Waals surface area contributed by atoms with Gasteiger partial charge in [0.15, 0.2) is 0 Å². The molecule has 0 spiro atoms. The largest absolute Gasteiger partial charge is 0.553 e. The van der Waals surface area contributed by atoms with Crippen molar-refractivity contribution in [2.75, 3.05) is 26.9 Å². The fourth-order valence-corrected chi connectivity index (χ4v) is 5.31. The molecule has 0 saturated carbocycles. The number of pyridine rings is 1. The van der Waals surface area contributed by atoms with Crippen molar-refractivity contribution in [3.8, 4) is 0 Å². The minimum absolute atomic E-state index is 0.149. The van der Waals surface area contributed by atoms with Crippen molar-refractivity contribution in [2.45, 2.75) is 46.4 Å². The number of esters is 1. The summed E-state index contributed by atoms with van der Waals surface area (Å²) >= 11 is 0. The molecule has 1 unspecified atom stereocenters. The highest BCUT2D eigenvalue weighted by Crippen LogP contribution is 2.34. The second-order valence-electron chi connectivity index (χ2n) is 10.9. The van der Waals surface area contributed by atoms with Crippen molar-refractivity contribution in [3.63, 3.8) is 0 Å². The number of aromatic nitrogens is 2. The molecule has 0 fully saturated rings. The molecule has 0 aliphatic carbocycles. The Morgan fingerprint density at radius 3 is 2.67 bits per heavy atom. The van der Waals surface area contributed by atoms with Crippen LogP contribution in [0, 0.1) is 13.8 Å². The average Bonchev–Trinajstić information content (AvgIpc) is 3.25. The first-order valence-corrected chi connectivity index (χ1v) is 13.7. The van der Waals surface area contributed by atoms with Gasteiger partial charge in [-0.25, -0.2) is 0 Å². The van der Waals surface area contributed by atoms with Crippen LogP contribution in [0.4, 0.5) is 0 Å². The SMILES string of the molecule is Cc1ccc2c(c1)c1c(n2CCc2ccc(C)nc2)CC[N+](C)(COC([O-])=NCC(=O)OCc2ccccc2)C1. The Balaban J connectivity index is 1.23. The van der Waals surface area contributed by atoms with Crippen LogP contribution in [-0.2, 0) is 46.8 Å². The van der Waals surface area contributed by atoms with Crippen molar-refractivity contribution in [1.29, 1.82) is 0 Å². The molecule has 2 aromatic carbocycles. The summed E-state index contributed by atoms with van der Waals surface area (Å²) in [7, 11) is 2.10. The summed E-state index contributed by atoms with van der Waals surface area (Å²) in [5.41, 5.74) is 8.26. The standard InChI is InChI=1S/C32H36N4O4/c1-23-9-12-29-27(17-23)28-20-36(3,16-14-30(28)35(29)15-13-25-11-10-24(2)33-18-25)22-40-32(38)34-19-31(37)39-21-26-7-5-4-6-8-26/h4-12,17-18H,13-16,19-22H2,1-3H3. The van der Waals surface area contributed by atoms with Crippen molar-refractivity contribution in [1.82, 2.24) is 9.55 Å². The van der Waals surface area contributed by atoms with E-state index in [0.717, 1.165) is 43.7 Å². The number of hydrogen-bond acceptors (Lipinski definition) is 6. The van der Waals surface area contributed by atoms with Gasteiger partial charge in [0.25, 0.3) is 0 Å². The van der Waals surface area contributed by atoms with E-state index in [0.29, 0.717) is 4.48 Å². The molecule has 2 aromatic heterocycles. The van der Waals surface area contributed by atoms with E-state index in [1.807, 2.05) is 43.5 Å². The number of hydrogen-bond donors (Lipinski definition) is 0. The maximum absolute atomic E-state index is 12.3. The third kappa shape index (κ3) is 6.51. The van der Waals surface area contributed by atoms with Crippen LogP contribution in [0.2, 0.25) is 0 Å². The number of likely N-dealkylation sites (N-methyl/N-ethyl adjacent to an activating group) is 1. The van der Waals surface area contributed by atoms with Crippen LogP contribution in [0.15, 0.2) is 71.9 Å². The molecule has 1 aliphatic rings. The van der Waals surface area contributed by atoms with Crippen LogP contribution in [0.5, 0.6) is 0 Å². The predicted molar refractivity (Wildman–Crippen MR) is 152 cm³/mol. The first-order chi connectivity index (χ1) is 19.3. The molecule has 1 aliphatic heterocycles. The number of benzene rings is 2. The molecule has 0 amide bonds. The minimum Gasteiger partial charge on any atom is -0.553 e. The van der Waals surface area contributed by atoms with Gasteiger partial charge in [0.2, 0.25) is 0 Å². The highest BCUT2D eigenvalue weighted by molar-refractivity contribution is 5.86. The molecule has 208 valence electrons. The van der Waals surface area contributed by atoms with Crippen LogP contribution in [0.3, 0.4) is 0 Å². The molecule has 0 saturated heterocycles. The van der Waals surface area contributed by atoms with E-state index in [1.165, 1.54) is 33.3 Å². The number of rotatable bonds is 9.